The molecule has 1 unspecified atom stereocenters. The third kappa shape index (κ3) is 2.95. The highest BCUT2D eigenvalue weighted by Gasteiger charge is 2.48. The molecule has 0 N–H and O–H groups in total. The van der Waals surface area contributed by atoms with Crippen LogP contribution in [0.3, 0.4) is 0 Å². The maximum atomic E-state index is 13.0. The first-order valence-corrected chi connectivity index (χ1v) is 9.72. The molecule has 0 aromatic heterocycles. The maximum Gasteiger partial charge on any atom is 0.614 e. The molecule has 0 spiro atoms. The number of hydrogen-bond acceptors (Lipinski definition) is 4. The molecule has 1 atom stereocenters. The number of carbonyl (C=O) groups excluding carboxylic acids is 4. The molecule has 0 amide bonds. The second-order valence-corrected chi connectivity index (χ2v) is 7.26. The Morgan fingerprint density at radius 2 is 1.80 bits per heavy atom. The lowest BCUT2D eigenvalue weighted by Gasteiger charge is -2.20. The molecule has 0 radical (unpaired) electrons. The minimum atomic E-state index is -0.773. The third-order valence-electron chi connectivity index (χ3n) is 5.46. The number of ether oxygens (including phenoxy) is 1. The summed E-state index contributed by atoms with van der Waals surface area (Å²) >= 11 is 0. The van der Waals surface area contributed by atoms with E-state index in [1.165, 1.54) is 12.2 Å². The van der Waals surface area contributed by atoms with Crippen molar-refractivity contribution in [2.45, 2.75) is 6.42 Å². The van der Waals surface area contributed by atoms with Gasteiger partial charge in [-0.3, -0.25) is 14.0 Å². The van der Waals surface area contributed by atoms with E-state index in [4.69, 9.17) is 9.16 Å². The molecular weight excluding hydrogens is 380 g/mol. The average molecular weight is 397 g/mol. The molecule has 5 rings (SSSR count). The highest BCUT2D eigenvalue weighted by atomic mass is 16.5. The van der Waals surface area contributed by atoms with Crippen LogP contribution in [-0.4, -0.2) is 23.5 Å². The second-order valence-electron chi connectivity index (χ2n) is 7.26. The van der Waals surface area contributed by atoms with Gasteiger partial charge in [0, 0.05) is 17.6 Å². The van der Waals surface area contributed by atoms with Crippen LogP contribution in [0.2, 0.25) is 0 Å². The van der Waals surface area contributed by atoms with Gasteiger partial charge in [0.2, 0.25) is 0 Å². The van der Waals surface area contributed by atoms with E-state index in [9.17, 15) is 14.4 Å². The van der Waals surface area contributed by atoms with Crippen molar-refractivity contribution in [2.75, 3.05) is 0 Å². The van der Waals surface area contributed by atoms with Gasteiger partial charge in [-0.1, -0.05) is 48.6 Å². The van der Waals surface area contributed by atoms with Crippen molar-refractivity contribution >= 4 is 23.5 Å². The Hall–Kier alpha value is -3.86. The fraction of sp³-hybridized carbons (Fsp3) is 0.120. The average Bonchev–Trinajstić information content (AvgIpc) is 2.98. The number of fused-ring (bicyclic) bond motifs is 2. The Morgan fingerprint density at radius 3 is 2.63 bits per heavy atom. The van der Waals surface area contributed by atoms with Crippen LogP contribution in [0, 0.1) is 11.8 Å². The number of hydrogen-bond donors (Lipinski definition) is 0. The van der Waals surface area contributed by atoms with Gasteiger partial charge in [0.05, 0.1) is 10.4 Å². The Morgan fingerprint density at radius 1 is 0.967 bits per heavy atom. The monoisotopic (exact) mass is 397 g/mol. The van der Waals surface area contributed by atoms with E-state index in [0.717, 1.165) is 0 Å². The zero-order valence-electron chi connectivity index (χ0n) is 15.9. The van der Waals surface area contributed by atoms with Crippen LogP contribution >= 0.6 is 0 Å². The molecular formula is C25H17O5+. The molecule has 2 heterocycles. The number of allylic oxidation sites excluding steroid dienone is 14. The lowest BCUT2D eigenvalue weighted by atomic mass is 9.77. The topological polar surface area (TPSA) is 71.7 Å². The highest BCUT2D eigenvalue weighted by molar-refractivity contribution is 6.21. The maximum absolute atomic E-state index is 13.0. The minimum Gasteiger partial charge on any atom is -0.426 e. The zero-order chi connectivity index (χ0) is 20.7. The van der Waals surface area contributed by atoms with E-state index in [0.29, 0.717) is 40.3 Å². The molecule has 0 aromatic rings. The summed E-state index contributed by atoms with van der Waals surface area (Å²) in [7, 11) is 0. The summed E-state index contributed by atoms with van der Waals surface area (Å²) in [4.78, 5) is 37.7. The molecule has 5 heteroatoms. The summed E-state index contributed by atoms with van der Waals surface area (Å²) in [5, 5.41) is 0. The molecule has 2 aliphatic heterocycles. The molecule has 5 nitrogen and oxygen atoms in total. The van der Waals surface area contributed by atoms with Gasteiger partial charge < -0.3 is 4.74 Å². The van der Waals surface area contributed by atoms with Crippen LogP contribution in [-0.2, 0) is 23.5 Å². The summed E-state index contributed by atoms with van der Waals surface area (Å²) in [6.07, 6.45) is 23.5. The summed E-state index contributed by atoms with van der Waals surface area (Å²) in [5.74, 6) is -1.34. The molecule has 1 saturated heterocycles. The smallest absolute Gasteiger partial charge is 0.426 e. The quantitative estimate of drug-likeness (QED) is 0.407. The fourth-order valence-electron chi connectivity index (χ4n) is 4.14. The number of carbonyl (C=O) groups is 3. The van der Waals surface area contributed by atoms with Crippen molar-refractivity contribution in [3.05, 3.63) is 107 Å². The molecule has 146 valence electrons. The van der Waals surface area contributed by atoms with Gasteiger partial charge in [0.25, 0.3) is 5.78 Å². The number of esters is 1. The standard InChI is InChI=1S/C25H17O5/c26-16-13-11-15(12-14-16)21(22-17-7-3-1-5-9-19(17)29-24(22)27)23-18-8-4-2-6-10-20(18)30-25(23)28/h1-5,7-15,23H,6H2/q+1. The third-order valence-corrected chi connectivity index (χ3v) is 5.46. The van der Waals surface area contributed by atoms with E-state index in [2.05, 4.69) is 0 Å². The van der Waals surface area contributed by atoms with Gasteiger partial charge in [0.15, 0.2) is 5.78 Å². The first-order chi connectivity index (χ1) is 14.6. The number of rotatable bonds is 2. The van der Waals surface area contributed by atoms with Gasteiger partial charge in [0.1, 0.15) is 17.3 Å². The second kappa shape index (κ2) is 7.19. The van der Waals surface area contributed by atoms with Crippen molar-refractivity contribution in [3.8, 4) is 0 Å². The minimum absolute atomic E-state index is 0.136. The van der Waals surface area contributed by atoms with E-state index < -0.39 is 23.8 Å². The van der Waals surface area contributed by atoms with Gasteiger partial charge in [-0.2, -0.15) is 0 Å². The lowest BCUT2D eigenvalue weighted by molar-refractivity contribution is -0.366. The van der Waals surface area contributed by atoms with E-state index in [1.807, 2.05) is 36.5 Å². The Bertz CT molecular complexity index is 1170. The molecule has 0 aromatic carbocycles. The first kappa shape index (κ1) is 18.2. The number of ketones is 2. The van der Waals surface area contributed by atoms with E-state index in [-0.39, 0.29) is 5.78 Å². The van der Waals surface area contributed by atoms with E-state index >= 15 is 0 Å². The predicted molar refractivity (Wildman–Crippen MR) is 110 cm³/mol. The highest BCUT2D eigenvalue weighted by Crippen LogP contribution is 2.44. The molecule has 0 bridgehead atoms. The SMILES string of the molecule is O=C1C=CC(C(=C2C(=O)[O+]=C3C=CC=CC=C32)C2C(=O)OC3=CCC=CC=C32)C=C1. The van der Waals surface area contributed by atoms with Crippen molar-refractivity contribution in [2.24, 2.45) is 11.8 Å². The fourth-order valence-corrected chi connectivity index (χ4v) is 4.14. The molecule has 1 fully saturated rings. The molecule has 5 aliphatic rings. The predicted octanol–water partition coefficient (Wildman–Crippen LogP) is 3.23. The van der Waals surface area contributed by atoms with E-state index in [1.54, 1.807) is 30.4 Å². The van der Waals surface area contributed by atoms with Crippen LogP contribution in [0.4, 0.5) is 0 Å². The summed E-state index contributed by atoms with van der Waals surface area (Å²) in [5.41, 5.74) is 2.22. The summed E-state index contributed by atoms with van der Waals surface area (Å²) < 4.78 is 11.1. The van der Waals surface area contributed by atoms with Crippen molar-refractivity contribution in [3.63, 3.8) is 0 Å². The van der Waals surface area contributed by atoms with Gasteiger partial charge in [-0.15, -0.1) is 0 Å². The van der Waals surface area contributed by atoms with Crippen LogP contribution in [0.25, 0.3) is 0 Å². The molecule has 0 saturated carbocycles. The van der Waals surface area contributed by atoms with Crippen molar-refractivity contribution < 1.29 is 23.5 Å². The lowest BCUT2D eigenvalue weighted by Crippen LogP contribution is -2.22. The Kier molecular flexibility index (Phi) is 4.36. The van der Waals surface area contributed by atoms with Gasteiger partial charge in [-0.05, 0) is 36.3 Å². The Balaban J connectivity index is 1.75. The zero-order valence-corrected chi connectivity index (χ0v) is 15.9. The van der Waals surface area contributed by atoms with Crippen molar-refractivity contribution in [1.82, 2.24) is 0 Å². The van der Waals surface area contributed by atoms with Crippen LogP contribution < -0.4 is 0 Å². The molecule has 30 heavy (non-hydrogen) atoms. The van der Waals surface area contributed by atoms with Crippen LogP contribution in [0.1, 0.15) is 6.42 Å². The van der Waals surface area contributed by atoms with Crippen molar-refractivity contribution in [1.29, 1.82) is 0 Å². The van der Waals surface area contributed by atoms with Gasteiger partial charge in [-0.25, -0.2) is 0 Å². The Labute approximate surface area is 172 Å². The molecule has 3 aliphatic carbocycles. The summed E-state index contributed by atoms with van der Waals surface area (Å²) in [6.45, 7) is 0. The van der Waals surface area contributed by atoms with Gasteiger partial charge >= 0.3 is 11.9 Å². The normalized spacial score (nSPS) is 26.4. The van der Waals surface area contributed by atoms with Crippen LogP contribution in [0.15, 0.2) is 107 Å². The van der Waals surface area contributed by atoms with Crippen LogP contribution in [0.5, 0.6) is 0 Å². The summed E-state index contributed by atoms with van der Waals surface area (Å²) in [6, 6.07) is 0. The first-order valence-electron chi connectivity index (χ1n) is 9.72. The largest absolute Gasteiger partial charge is 0.614 e.